The van der Waals surface area contributed by atoms with Gasteiger partial charge in [-0.3, -0.25) is 0 Å². The summed E-state index contributed by atoms with van der Waals surface area (Å²) in [5.74, 6) is 0.781. The van der Waals surface area contributed by atoms with E-state index in [0.29, 0.717) is 0 Å². The standard InChI is InChI=1S/C22H22N4/c1-22(2,3)16-9-7-15(8-10-16)20-13-21(25-14-24-20)26-19-6-4-5-18-17(19)11-12-23-18/h4-14,23H,1-3H3,(H,24,25,26). The Bertz CT molecular complexity index is 1040. The van der Waals surface area contributed by atoms with Crippen molar-refractivity contribution in [3.05, 3.63) is 72.7 Å². The summed E-state index contributed by atoms with van der Waals surface area (Å²) in [4.78, 5) is 12.0. The molecule has 0 aliphatic carbocycles. The monoisotopic (exact) mass is 342 g/mol. The van der Waals surface area contributed by atoms with Crippen LogP contribution in [0, 0.1) is 0 Å². The van der Waals surface area contributed by atoms with Crippen LogP contribution in [0.25, 0.3) is 22.2 Å². The van der Waals surface area contributed by atoms with Gasteiger partial charge in [0.1, 0.15) is 12.1 Å². The van der Waals surface area contributed by atoms with E-state index < -0.39 is 0 Å². The predicted molar refractivity (Wildman–Crippen MR) is 108 cm³/mol. The van der Waals surface area contributed by atoms with Crippen LogP contribution in [-0.2, 0) is 5.41 Å². The molecule has 0 spiro atoms. The van der Waals surface area contributed by atoms with Gasteiger partial charge in [0, 0.05) is 34.4 Å². The Morgan fingerprint density at radius 1 is 0.923 bits per heavy atom. The van der Waals surface area contributed by atoms with Crippen LogP contribution in [0.2, 0.25) is 0 Å². The average Bonchev–Trinajstić information content (AvgIpc) is 3.11. The summed E-state index contributed by atoms with van der Waals surface area (Å²) in [6, 6.07) is 18.8. The number of H-pyrrole nitrogens is 1. The maximum atomic E-state index is 4.44. The van der Waals surface area contributed by atoms with E-state index in [1.165, 1.54) is 5.56 Å². The lowest BCUT2D eigenvalue weighted by Crippen LogP contribution is -2.10. The van der Waals surface area contributed by atoms with Crippen molar-refractivity contribution in [2.75, 3.05) is 5.32 Å². The molecule has 4 nitrogen and oxygen atoms in total. The predicted octanol–water partition coefficient (Wildman–Crippen LogP) is 5.67. The van der Waals surface area contributed by atoms with Crippen molar-refractivity contribution in [3.8, 4) is 11.3 Å². The first kappa shape index (κ1) is 16.3. The summed E-state index contributed by atoms with van der Waals surface area (Å²) in [7, 11) is 0. The van der Waals surface area contributed by atoms with Crippen molar-refractivity contribution in [2.45, 2.75) is 26.2 Å². The number of aromatic nitrogens is 3. The number of fused-ring (bicyclic) bond motifs is 1. The van der Waals surface area contributed by atoms with Gasteiger partial charge in [-0.15, -0.1) is 0 Å². The van der Waals surface area contributed by atoms with Gasteiger partial charge in [0.15, 0.2) is 0 Å². The molecule has 0 atom stereocenters. The Hall–Kier alpha value is -3.14. The third kappa shape index (κ3) is 3.18. The zero-order chi connectivity index (χ0) is 18.1. The molecule has 4 rings (SSSR count). The Balaban J connectivity index is 1.64. The molecule has 4 heteroatoms. The molecule has 0 aliphatic rings. The fraction of sp³-hybridized carbons (Fsp3) is 0.182. The molecular formula is C22H22N4. The summed E-state index contributed by atoms with van der Waals surface area (Å²) >= 11 is 0. The summed E-state index contributed by atoms with van der Waals surface area (Å²) < 4.78 is 0. The quantitative estimate of drug-likeness (QED) is 0.504. The Morgan fingerprint density at radius 3 is 2.50 bits per heavy atom. The SMILES string of the molecule is CC(C)(C)c1ccc(-c2cc(Nc3cccc4[nH]ccc34)ncn2)cc1. The van der Waals surface area contributed by atoms with E-state index in [1.807, 2.05) is 18.3 Å². The van der Waals surface area contributed by atoms with E-state index >= 15 is 0 Å². The van der Waals surface area contributed by atoms with Crippen molar-refractivity contribution in [1.29, 1.82) is 0 Å². The lowest BCUT2D eigenvalue weighted by molar-refractivity contribution is 0.590. The molecule has 130 valence electrons. The van der Waals surface area contributed by atoms with Crippen LogP contribution >= 0.6 is 0 Å². The highest BCUT2D eigenvalue weighted by Gasteiger charge is 2.13. The Labute approximate surface area is 153 Å². The second-order valence-corrected chi connectivity index (χ2v) is 7.49. The van der Waals surface area contributed by atoms with Gasteiger partial charge in [-0.25, -0.2) is 9.97 Å². The minimum Gasteiger partial charge on any atom is -0.361 e. The van der Waals surface area contributed by atoms with Gasteiger partial charge in [-0.05, 0) is 29.2 Å². The third-order valence-electron chi connectivity index (χ3n) is 4.57. The van der Waals surface area contributed by atoms with Gasteiger partial charge >= 0.3 is 0 Å². The molecule has 0 bridgehead atoms. The number of nitrogens with zero attached hydrogens (tertiary/aromatic N) is 2. The van der Waals surface area contributed by atoms with Gasteiger partial charge in [0.2, 0.25) is 0 Å². The smallest absolute Gasteiger partial charge is 0.134 e. The second-order valence-electron chi connectivity index (χ2n) is 7.49. The minimum atomic E-state index is 0.145. The molecule has 4 aromatic rings. The maximum absolute atomic E-state index is 4.44. The van der Waals surface area contributed by atoms with Gasteiger partial charge in [0.25, 0.3) is 0 Å². The molecule has 0 unspecified atom stereocenters. The molecule has 2 heterocycles. The Kier molecular flexibility index (Phi) is 3.96. The van der Waals surface area contributed by atoms with Gasteiger partial charge in [-0.1, -0.05) is 51.1 Å². The number of hydrogen-bond donors (Lipinski definition) is 2. The van der Waals surface area contributed by atoms with E-state index in [-0.39, 0.29) is 5.41 Å². The number of benzene rings is 2. The number of aromatic amines is 1. The van der Waals surface area contributed by atoms with Crippen molar-refractivity contribution in [3.63, 3.8) is 0 Å². The molecule has 26 heavy (non-hydrogen) atoms. The van der Waals surface area contributed by atoms with Crippen molar-refractivity contribution >= 4 is 22.4 Å². The lowest BCUT2D eigenvalue weighted by Gasteiger charge is -2.19. The molecule has 0 saturated carbocycles. The zero-order valence-electron chi connectivity index (χ0n) is 15.2. The van der Waals surface area contributed by atoms with Crippen molar-refractivity contribution in [1.82, 2.24) is 15.0 Å². The molecule has 0 aliphatic heterocycles. The highest BCUT2D eigenvalue weighted by molar-refractivity contribution is 5.93. The molecule has 0 radical (unpaired) electrons. The van der Waals surface area contributed by atoms with Crippen LogP contribution in [-0.4, -0.2) is 15.0 Å². The van der Waals surface area contributed by atoms with E-state index in [9.17, 15) is 0 Å². The first-order valence-corrected chi connectivity index (χ1v) is 8.77. The van der Waals surface area contributed by atoms with Crippen LogP contribution < -0.4 is 5.32 Å². The molecule has 0 amide bonds. The largest absolute Gasteiger partial charge is 0.361 e. The number of anilines is 2. The second kappa shape index (κ2) is 6.30. The lowest BCUT2D eigenvalue weighted by atomic mass is 9.86. The van der Waals surface area contributed by atoms with Crippen LogP contribution in [0.4, 0.5) is 11.5 Å². The summed E-state index contributed by atoms with van der Waals surface area (Å²) in [6.45, 7) is 6.66. The maximum Gasteiger partial charge on any atom is 0.134 e. The molecule has 2 aromatic carbocycles. The highest BCUT2D eigenvalue weighted by Crippen LogP contribution is 2.28. The highest BCUT2D eigenvalue weighted by atomic mass is 15.0. The number of rotatable bonds is 3. The van der Waals surface area contributed by atoms with E-state index in [4.69, 9.17) is 0 Å². The van der Waals surface area contributed by atoms with Gasteiger partial charge in [-0.2, -0.15) is 0 Å². The topological polar surface area (TPSA) is 53.6 Å². The van der Waals surface area contributed by atoms with Gasteiger partial charge < -0.3 is 10.3 Å². The van der Waals surface area contributed by atoms with Crippen molar-refractivity contribution < 1.29 is 0 Å². The average molecular weight is 342 g/mol. The van der Waals surface area contributed by atoms with Gasteiger partial charge in [0.05, 0.1) is 5.69 Å². The zero-order valence-corrected chi connectivity index (χ0v) is 15.2. The summed E-state index contributed by atoms with van der Waals surface area (Å²) in [6.07, 6.45) is 3.55. The van der Waals surface area contributed by atoms with Crippen LogP contribution in [0.3, 0.4) is 0 Å². The summed E-state index contributed by atoms with van der Waals surface area (Å²) in [5.41, 5.74) is 5.57. The van der Waals surface area contributed by atoms with E-state index in [1.54, 1.807) is 6.33 Å². The third-order valence-corrected chi connectivity index (χ3v) is 4.57. The fourth-order valence-corrected chi connectivity index (χ4v) is 3.06. The molecule has 0 fully saturated rings. The van der Waals surface area contributed by atoms with Crippen molar-refractivity contribution in [2.24, 2.45) is 0 Å². The first-order chi connectivity index (χ1) is 12.5. The molecule has 2 aromatic heterocycles. The van der Waals surface area contributed by atoms with Crippen LogP contribution in [0.5, 0.6) is 0 Å². The van der Waals surface area contributed by atoms with Crippen LogP contribution in [0.15, 0.2) is 67.1 Å². The molecule has 0 saturated heterocycles. The van der Waals surface area contributed by atoms with E-state index in [0.717, 1.165) is 33.7 Å². The van der Waals surface area contributed by atoms with E-state index in [2.05, 4.69) is 83.5 Å². The van der Waals surface area contributed by atoms with Crippen LogP contribution in [0.1, 0.15) is 26.3 Å². The fourth-order valence-electron chi connectivity index (χ4n) is 3.06. The Morgan fingerprint density at radius 2 is 1.73 bits per heavy atom. The molecule has 2 N–H and O–H groups in total. The summed E-state index contributed by atoms with van der Waals surface area (Å²) in [5, 5.41) is 4.55. The first-order valence-electron chi connectivity index (χ1n) is 8.77. The normalized spacial score (nSPS) is 11.7. The molecular weight excluding hydrogens is 320 g/mol. The minimum absolute atomic E-state index is 0.145. The number of nitrogens with one attached hydrogen (secondary N) is 2. The number of hydrogen-bond acceptors (Lipinski definition) is 3.